The third kappa shape index (κ3) is 2.08. The lowest BCUT2D eigenvalue weighted by atomic mass is 10.2. The molecule has 0 aliphatic carbocycles. The molecule has 0 aliphatic rings. The number of nitrogens with two attached hydrogens (primary N) is 1. The molecule has 17 heavy (non-hydrogen) atoms. The summed E-state index contributed by atoms with van der Waals surface area (Å²) in [5.41, 5.74) is 4.18. The van der Waals surface area contributed by atoms with Crippen molar-refractivity contribution in [1.29, 1.82) is 0 Å². The molecule has 7 heteroatoms. The van der Waals surface area contributed by atoms with Gasteiger partial charge in [0.25, 0.3) is 0 Å². The molecule has 0 spiro atoms. The Morgan fingerprint density at radius 1 is 1.35 bits per heavy atom. The van der Waals surface area contributed by atoms with E-state index >= 15 is 0 Å². The van der Waals surface area contributed by atoms with E-state index in [0.29, 0.717) is 5.56 Å². The van der Waals surface area contributed by atoms with Crippen molar-refractivity contribution in [3.05, 3.63) is 29.8 Å². The van der Waals surface area contributed by atoms with Crippen LogP contribution in [-0.4, -0.2) is 9.97 Å². The number of nitrogen functional groups attached to an aromatic ring is 1. The molecule has 0 amide bonds. The molecule has 2 rings (SSSR count). The van der Waals surface area contributed by atoms with Crippen LogP contribution < -0.4 is 5.73 Å². The van der Waals surface area contributed by atoms with E-state index < -0.39 is 17.6 Å². The van der Waals surface area contributed by atoms with E-state index in [1.54, 1.807) is 13.0 Å². The minimum Gasteiger partial charge on any atom is -0.461 e. The molecule has 0 atom stereocenters. The highest BCUT2D eigenvalue weighted by Crippen LogP contribution is 2.33. The van der Waals surface area contributed by atoms with Crippen LogP contribution in [0.5, 0.6) is 0 Å². The Morgan fingerprint density at radius 3 is 2.59 bits per heavy atom. The number of rotatable bonds is 1. The van der Waals surface area contributed by atoms with Crippen molar-refractivity contribution in [1.82, 2.24) is 9.97 Å². The van der Waals surface area contributed by atoms with Gasteiger partial charge >= 0.3 is 6.18 Å². The molecular formula is C10H8F3N3O. The first-order valence-corrected chi connectivity index (χ1v) is 4.64. The number of hydrogen-bond acceptors (Lipinski definition) is 4. The number of aryl methyl sites for hydroxylation is 1. The fourth-order valence-electron chi connectivity index (χ4n) is 1.33. The van der Waals surface area contributed by atoms with Gasteiger partial charge in [-0.05, 0) is 18.6 Å². The second-order valence-corrected chi connectivity index (χ2v) is 3.43. The average molecular weight is 243 g/mol. The van der Waals surface area contributed by atoms with Crippen LogP contribution >= 0.6 is 0 Å². The minimum atomic E-state index is -4.61. The van der Waals surface area contributed by atoms with Crippen LogP contribution in [0.3, 0.4) is 0 Å². The molecule has 0 aliphatic heterocycles. The van der Waals surface area contributed by atoms with E-state index in [2.05, 4.69) is 9.97 Å². The van der Waals surface area contributed by atoms with Crippen LogP contribution in [0, 0.1) is 6.92 Å². The van der Waals surface area contributed by atoms with Gasteiger partial charge in [0.05, 0.1) is 18.1 Å². The topological polar surface area (TPSA) is 64.9 Å². The summed E-state index contributed by atoms with van der Waals surface area (Å²) in [6, 6.07) is 1.61. The van der Waals surface area contributed by atoms with Crippen molar-refractivity contribution in [2.45, 2.75) is 13.1 Å². The van der Waals surface area contributed by atoms with Gasteiger partial charge < -0.3 is 10.2 Å². The molecule has 0 radical (unpaired) electrons. The maximum absolute atomic E-state index is 12.6. The largest absolute Gasteiger partial charge is 0.461 e. The van der Waals surface area contributed by atoms with Gasteiger partial charge in [-0.25, -0.2) is 9.97 Å². The predicted molar refractivity (Wildman–Crippen MR) is 53.9 cm³/mol. The third-order valence-corrected chi connectivity index (χ3v) is 2.15. The van der Waals surface area contributed by atoms with Crippen molar-refractivity contribution in [2.24, 2.45) is 0 Å². The smallest absolute Gasteiger partial charge is 0.435 e. The summed E-state index contributed by atoms with van der Waals surface area (Å²) in [7, 11) is 0. The van der Waals surface area contributed by atoms with Crippen LogP contribution in [0.15, 0.2) is 22.9 Å². The Kier molecular flexibility index (Phi) is 2.53. The lowest BCUT2D eigenvalue weighted by Crippen LogP contribution is -2.13. The standard InChI is InChI=1S/C10H8F3N3O/c1-5-2-3-17-7(5)9-15-4-6(14)8(16-9)10(11,12)13/h2-4H,14H2,1H3. The lowest BCUT2D eigenvalue weighted by molar-refractivity contribution is -0.140. The van der Waals surface area contributed by atoms with Crippen LogP contribution in [0.1, 0.15) is 11.3 Å². The molecule has 0 bridgehead atoms. The first-order valence-electron chi connectivity index (χ1n) is 4.64. The Hall–Kier alpha value is -2.05. The van der Waals surface area contributed by atoms with Crippen molar-refractivity contribution >= 4 is 5.69 Å². The van der Waals surface area contributed by atoms with Gasteiger partial charge in [0.1, 0.15) is 0 Å². The Labute approximate surface area is 94.3 Å². The molecule has 0 fully saturated rings. The fourth-order valence-corrected chi connectivity index (χ4v) is 1.33. The zero-order valence-corrected chi connectivity index (χ0v) is 8.75. The lowest BCUT2D eigenvalue weighted by Gasteiger charge is -2.09. The van der Waals surface area contributed by atoms with E-state index in [0.717, 1.165) is 6.20 Å². The van der Waals surface area contributed by atoms with E-state index in [9.17, 15) is 13.2 Å². The molecular weight excluding hydrogens is 235 g/mol. The highest BCUT2D eigenvalue weighted by atomic mass is 19.4. The highest BCUT2D eigenvalue weighted by molar-refractivity contribution is 5.55. The Bertz CT molecular complexity index is 548. The molecule has 2 N–H and O–H groups in total. The summed E-state index contributed by atoms with van der Waals surface area (Å²) in [5, 5.41) is 0. The summed E-state index contributed by atoms with van der Waals surface area (Å²) in [6.45, 7) is 1.69. The summed E-state index contributed by atoms with van der Waals surface area (Å²) < 4.78 is 42.7. The van der Waals surface area contributed by atoms with Gasteiger partial charge in [-0.3, -0.25) is 0 Å². The van der Waals surface area contributed by atoms with Crippen LogP contribution in [-0.2, 0) is 6.18 Å². The number of alkyl halides is 3. The SMILES string of the molecule is Cc1ccoc1-c1ncc(N)c(C(F)(F)F)n1. The molecule has 2 heterocycles. The van der Waals surface area contributed by atoms with Crippen molar-refractivity contribution < 1.29 is 17.6 Å². The van der Waals surface area contributed by atoms with E-state index in [1.165, 1.54) is 6.26 Å². The second-order valence-electron chi connectivity index (χ2n) is 3.43. The normalized spacial score (nSPS) is 11.8. The summed E-state index contributed by atoms with van der Waals surface area (Å²) in [4.78, 5) is 7.12. The minimum absolute atomic E-state index is 0.131. The zero-order chi connectivity index (χ0) is 12.6. The number of aromatic nitrogens is 2. The van der Waals surface area contributed by atoms with E-state index in [-0.39, 0.29) is 11.6 Å². The number of nitrogens with zero attached hydrogens (tertiary/aromatic N) is 2. The monoisotopic (exact) mass is 243 g/mol. The molecule has 4 nitrogen and oxygen atoms in total. The first kappa shape index (κ1) is 11.4. The Morgan fingerprint density at radius 2 is 2.06 bits per heavy atom. The number of anilines is 1. The maximum atomic E-state index is 12.6. The Balaban J connectivity index is 2.56. The van der Waals surface area contributed by atoms with Crippen LogP contribution in [0.4, 0.5) is 18.9 Å². The maximum Gasteiger partial charge on any atom is 0.435 e. The van der Waals surface area contributed by atoms with Gasteiger partial charge in [0, 0.05) is 0 Å². The van der Waals surface area contributed by atoms with Gasteiger partial charge in [0.2, 0.25) is 0 Å². The van der Waals surface area contributed by atoms with Crippen LogP contribution in [0.25, 0.3) is 11.6 Å². The summed E-state index contributed by atoms with van der Waals surface area (Å²) in [6.07, 6.45) is -2.33. The fraction of sp³-hybridized carbons (Fsp3) is 0.200. The van der Waals surface area contributed by atoms with Gasteiger partial charge in [-0.15, -0.1) is 0 Å². The van der Waals surface area contributed by atoms with Crippen molar-refractivity contribution in [3.8, 4) is 11.6 Å². The average Bonchev–Trinajstić information content (AvgIpc) is 2.63. The zero-order valence-electron chi connectivity index (χ0n) is 8.75. The third-order valence-electron chi connectivity index (χ3n) is 2.15. The molecule has 0 saturated heterocycles. The first-order chi connectivity index (χ1) is 7.89. The molecule has 2 aromatic rings. The molecule has 2 aromatic heterocycles. The quantitative estimate of drug-likeness (QED) is 0.836. The molecule has 0 aromatic carbocycles. The van der Waals surface area contributed by atoms with Gasteiger partial charge in [-0.2, -0.15) is 13.2 Å². The predicted octanol–water partition coefficient (Wildman–Crippen LogP) is 2.65. The van der Waals surface area contributed by atoms with Crippen molar-refractivity contribution in [2.75, 3.05) is 5.73 Å². The number of furan rings is 1. The second kappa shape index (κ2) is 3.76. The summed E-state index contributed by atoms with van der Waals surface area (Å²) >= 11 is 0. The van der Waals surface area contributed by atoms with Gasteiger partial charge in [-0.1, -0.05) is 0 Å². The molecule has 0 unspecified atom stereocenters. The molecule has 0 saturated carbocycles. The van der Waals surface area contributed by atoms with Crippen molar-refractivity contribution in [3.63, 3.8) is 0 Å². The molecule has 90 valence electrons. The van der Waals surface area contributed by atoms with E-state index in [1.807, 2.05) is 0 Å². The van der Waals surface area contributed by atoms with Crippen LogP contribution in [0.2, 0.25) is 0 Å². The number of hydrogen-bond donors (Lipinski definition) is 1. The number of halogens is 3. The van der Waals surface area contributed by atoms with E-state index in [4.69, 9.17) is 10.2 Å². The van der Waals surface area contributed by atoms with Gasteiger partial charge in [0.15, 0.2) is 17.3 Å². The summed E-state index contributed by atoms with van der Waals surface area (Å²) in [5.74, 6) is 0.0736. The highest BCUT2D eigenvalue weighted by Gasteiger charge is 2.36.